The van der Waals surface area contributed by atoms with Crippen LogP contribution in [0.5, 0.6) is 0 Å². The summed E-state index contributed by atoms with van der Waals surface area (Å²) >= 11 is 0. The normalized spacial score (nSPS) is 14.0. The van der Waals surface area contributed by atoms with Crippen LogP contribution < -0.4 is 0 Å². The van der Waals surface area contributed by atoms with Crippen LogP contribution in [0.4, 0.5) is 0 Å². The van der Waals surface area contributed by atoms with Crippen molar-refractivity contribution in [2.45, 2.75) is 122 Å². The highest BCUT2D eigenvalue weighted by atomic mass is 15.1. The van der Waals surface area contributed by atoms with Gasteiger partial charge in [0.05, 0.1) is 0 Å². The fraction of sp³-hybridized carbons (Fsp3) is 0.559. The Labute approximate surface area is 221 Å². The van der Waals surface area contributed by atoms with Gasteiger partial charge < -0.3 is 4.57 Å². The summed E-state index contributed by atoms with van der Waals surface area (Å²) in [7, 11) is 0. The summed E-state index contributed by atoms with van der Waals surface area (Å²) in [4.78, 5) is 5.04. The van der Waals surface area contributed by atoms with Gasteiger partial charge in [0.15, 0.2) is 0 Å². The number of nitrogens with zero attached hydrogens (tertiary/aromatic N) is 2. The second-order valence-electron chi connectivity index (χ2n) is 10.9. The van der Waals surface area contributed by atoms with Gasteiger partial charge in [-0.3, -0.25) is 0 Å². The number of hydrogen-bond donors (Lipinski definition) is 0. The Balaban J connectivity index is 1.85. The Kier molecular flexibility index (Phi) is 12.3. The van der Waals surface area contributed by atoms with Crippen LogP contribution in [0, 0.1) is 0 Å². The van der Waals surface area contributed by atoms with Crippen LogP contribution in [0.2, 0.25) is 0 Å². The summed E-state index contributed by atoms with van der Waals surface area (Å²) in [5.74, 6) is 1.67. The maximum atomic E-state index is 5.04. The Morgan fingerprint density at radius 2 is 1.31 bits per heavy atom. The van der Waals surface area contributed by atoms with Gasteiger partial charge in [0.2, 0.25) is 0 Å². The second-order valence-corrected chi connectivity index (χ2v) is 10.9. The number of aromatic nitrogens is 2. The maximum Gasteiger partial charge on any atom is 0.112 e. The highest BCUT2D eigenvalue weighted by molar-refractivity contribution is 5.33. The third kappa shape index (κ3) is 8.36. The van der Waals surface area contributed by atoms with E-state index in [2.05, 4.69) is 92.2 Å². The molecule has 1 heterocycles. The lowest BCUT2D eigenvalue weighted by atomic mass is 9.66. The minimum Gasteiger partial charge on any atom is -0.335 e. The molecule has 0 radical (unpaired) electrons. The summed E-state index contributed by atoms with van der Waals surface area (Å²) in [5.41, 5.74) is 2.83. The molecule has 0 fully saturated rings. The van der Waals surface area contributed by atoms with Gasteiger partial charge in [-0.2, -0.15) is 0 Å². The molecule has 2 atom stereocenters. The smallest absolute Gasteiger partial charge is 0.112 e. The molecule has 2 unspecified atom stereocenters. The average molecular weight is 487 g/mol. The van der Waals surface area contributed by atoms with Crippen LogP contribution in [0.25, 0.3) is 0 Å². The number of aryl methyl sites for hydroxylation is 1. The van der Waals surface area contributed by atoms with Crippen molar-refractivity contribution in [2.75, 3.05) is 0 Å². The standard InChI is InChI=1S/C34H50N2/c1-4-6-8-9-10-11-12-19-25-32(33-35-26-28-36(33)27-20-7-5-2)34(3,31-23-17-14-18-24-31)29-30-21-15-13-16-22-30/h13-18,21-24,26,28,32H,4-12,19-20,25,27,29H2,1-3H3. The van der Waals surface area contributed by atoms with Crippen LogP contribution in [0.15, 0.2) is 73.1 Å². The van der Waals surface area contributed by atoms with Crippen molar-refractivity contribution in [3.8, 4) is 0 Å². The van der Waals surface area contributed by atoms with Gasteiger partial charge in [-0.15, -0.1) is 0 Å². The molecule has 0 bridgehead atoms. The molecule has 0 N–H and O–H groups in total. The number of benzene rings is 2. The average Bonchev–Trinajstić information content (AvgIpc) is 3.37. The number of hydrogen-bond acceptors (Lipinski definition) is 1. The molecule has 0 aliphatic heterocycles. The van der Waals surface area contributed by atoms with Gasteiger partial charge in [0.1, 0.15) is 5.82 Å². The zero-order valence-corrected chi connectivity index (χ0v) is 23.3. The summed E-state index contributed by atoms with van der Waals surface area (Å²) < 4.78 is 2.47. The lowest BCUT2D eigenvalue weighted by molar-refractivity contribution is 0.321. The van der Waals surface area contributed by atoms with E-state index < -0.39 is 0 Å². The first-order valence-electron chi connectivity index (χ1n) is 14.8. The van der Waals surface area contributed by atoms with Crippen molar-refractivity contribution >= 4 is 0 Å². The maximum absolute atomic E-state index is 5.04. The van der Waals surface area contributed by atoms with Crippen molar-refractivity contribution in [1.82, 2.24) is 9.55 Å². The van der Waals surface area contributed by atoms with Gasteiger partial charge >= 0.3 is 0 Å². The zero-order chi connectivity index (χ0) is 25.5. The molecule has 0 amide bonds. The predicted octanol–water partition coefficient (Wildman–Crippen LogP) is 9.89. The monoisotopic (exact) mass is 486 g/mol. The van der Waals surface area contributed by atoms with Crippen LogP contribution in [-0.2, 0) is 18.4 Å². The fourth-order valence-electron chi connectivity index (χ4n) is 5.83. The molecule has 3 rings (SSSR count). The molecule has 2 heteroatoms. The lowest BCUT2D eigenvalue weighted by Crippen LogP contribution is -2.35. The quantitative estimate of drug-likeness (QED) is 0.164. The van der Waals surface area contributed by atoms with Crippen molar-refractivity contribution < 1.29 is 0 Å². The van der Waals surface area contributed by atoms with Crippen LogP contribution >= 0.6 is 0 Å². The van der Waals surface area contributed by atoms with Crippen LogP contribution in [0.3, 0.4) is 0 Å². The summed E-state index contributed by atoms with van der Waals surface area (Å²) in [6.07, 6.45) is 21.1. The van der Waals surface area contributed by atoms with Gasteiger partial charge in [-0.25, -0.2) is 4.98 Å². The molecule has 0 saturated heterocycles. The highest BCUT2D eigenvalue weighted by Crippen LogP contribution is 2.44. The minimum absolute atomic E-state index is 0.0163. The van der Waals surface area contributed by atoms with Gasteiger partial charge in [-0.1, -0.05) is 146 Å². The van der Waals surface area contributed by atoms with Crippen molar-refractivity contribution in [2.24, 2.45) is 0 Å². The van der Waals surface area contributed by atoms with E-state index in [1.807, 2.05) is 6.20 Å². The van der Waals surface area contributed by atoms with E-state index in [1.54, 1.807) is 0 Å². The van der Waals surface area contributed by atoms with Crippen LogP contribution in [-0.4, -0.2) is 9.55 Å². The van der Waals surface area contributed by atoms with Gasteiger partial charge in [-0.05, 0) is 30.4 Å². The van der Waals surface area contributed by atoms with E-state index in [4.69, 9.17) is 4.98 Å². The van der Waals surface area contributed by atoms with E-state index >= 15 is 0 Å². The predicted molar refractivity (Wildman–Crippen MR) is 156 cm³/mol. The molecule has 0 saturated carbocycles. The van der Waals surface area contributed by atoms with E-state index in [0.717, 1.165) is 13.0 Å². The summed E-state index contributed by atoms with van der Waals surface area (Å²) in [6.45, 7) is 8.15. The lowest BCUT2D eigenvalue weighted by Gasteiger charge is -2.39. The third-order valence-electron chi connectivity index (χ3n) is 8.02. The number of rotatable bonds is 18. The molecular weight excluding hydrogens is 436 g/mol. The topological polar surface area (TPSA) is 17.8 Å². The number of imidazole rings is 1. The van der Waals surface area contributed by atoms with Gasteiger partial charge in [0.25, 0.3) is 0 Å². The molecule has 196 valence electrons. The van der Waals surface area contributed by atoms with E-state index in [1.165, 1.54) is 94.0 Å². The van der Waals surface area contributed by atoms with Crippen molar-refractivity contribution in [3.05, 3.63) is 90.0 Å². The largest absolute Gasteiger partial charge is 0.335 e. The Morgan fingerprint density at radius 1 is 0.722 bits per heavy atom. The molecule has 0 aliphatic carbocycles. The Hall–Kier alpha value is -2.35. The fourth-order valence-corrected chi connectivity index (χ4v) is 5.83. The number of unbranched alkanes of at least 4 members (excludes halogenated alkanes) is 9. The molecule has 1 aromatic heterocycles. The molecule has 36 heavy (non-hydrogen) atoms. The first-order valence-corrected chi connectivity index (χ1v) is 14.8. The van der Waals surface area contributed by atoms with E-state index in [-0.39, 0.29) is 5.41 Å². The molecular formula is C34H50N2. The van der Waals surface area contributed by atoms with Crippen molar-refractivity contribution in [3.63, 3.8) is 0 Å². The molecule has 3 aromatic rings. The summed E-state index contributed by atoms with van der Waals surface area (Å²) in [5, 5.41) is 0. The van der Waals surface area contributed by atoms with Crippen LogP contribution in [0.1, 0.15) is 121 Å². The van der Waals surface area contributed by atoms with Gasteiger partial charge in [0, 0.05) is 30.3 Å². The Morgan fingerprint density at radius 3 is 1.97 bits per heavy atom. The SMILES string of the molecule is CCCCCCCCCCC(c1nccn1CCCCC)C(C)(Cc1ccccc1)c1ccccc1. The molecule has 2 aromatic carbocycles. The summed E-state index contributed by atoms with van der Waals surface area (Å²) in [6, 6.07) is 22.3. The first-order chi connectivity index (χ1) is 17.7. The van der Waals surface area contributed by atoms with Crippen molar-refractivity contribution in [1.29, 1.82) is 0 Å². The molecule has 0 spiro atoms. The second kappa shape index (κ2) is 15.7. The Bertz CT molecular complexity index is 946. The zero-order valence-electron chi connectivity index (χ0n) is 23.3. The first kappa shape index (κ1) is 28.2. The molecule has 0 aliphatic rings. The minimum atomic E-state index is -0.0163. The van der Waals surface area contributed by atoms with E-state index in [0.29, 0.717) is 5.92 Å². The van der Waals surface area contributed by atoms with E-state index in [9.17, 15) is 0 Å². The highest BCUT2D eigenvalue weighted by Gasteiger charge is 2.39. The molecule has 2 nitrogen and oxygen atoms in total. The third-order valence-corrected chi connectivity index (χ3v) is 8.02.